The minimum Gasteiger partial charge on any atom is -0.494 e. The number of carboxylic acid groups (broad SMARTS) is 1. The number of unbranched alkanes of at least 4 members (excludes halogenated alkanes) is 1. The lowest BCUT2D eigenvalue weighted by molar-refractivity contribution is -0.153. The lowest BCUT2D eigenvalue weighted by Crippen LogP contribution is -2.47. The second kappa shape index (κ2) is 13.3. The predicted molar refractivity (Wildman–Crippen MR) is 136 cm³/mol. The van der Waals surface area contributed by atoms with Crippen LogP contribution in [0, 0.1) is 0 Å². The van der Waals surface area contributed by atoms with E-state index in [-0.39, 0.29) is 15.9 Å². The first-order chi connectivity index (χ1) is 15.7. The van der Waals surface area contributed by atoms with Crippen LogP contribution in [0.5, 0.6) is 5.75 Å². The number of aliphatic hydroxyl groups is 1. The number of aliphatic carboxylic acids is 1. The minimum atomic E-state index is -4.01. The van der Waals surface area contributed by atoms with Crippen LogP contribution in [0.15, 0.2) is 59.5 Å². The first kappa shape index (κ1) is 27.6. The van der Waals surface area contributed by atoms with Crippen molar-refractivity contribution in [3.8, 4) is 5.75 Å². The van der Waals surface area contributed by atoms with Crippen LogP contribution in [0.3, 0.4) is 0 Å². The summed E-state index contributed by atoms with van der Waals surface area (Å²) in [4.78, 5) is 11.7. The normalized spacial score (nSPS) is 14.4. The molecule has 0 bridgehead atoms. The molecule has 2 rings (SSSR count). The van der Waals surface area contributed by atoms with Gasteiger partial charge in [-0.3, -0.25) is 0 Å². The first-order valence-corrected chi connectivity index (χ1v) is 14.7. The van der Waals surface area contributed by atoms with Crippen molar-refractivity contribution in [1.29, 1.82) is 0 Å². The van der Waals surface area contributed by atoms with Crippen molar-refractivity contribution in [2.24, 2.45) is 0 Å². The van der Waals surface area contributed by atoms with E-state index in [2.05, 4.69) is 0 Å². The van der Waals surface area contributed by atoms with Gasteiger partial charge in [0.25, 0.3) is 0 Å². The molecule has 0 aromatic heterocycles. The monoisotopic (exact) mass is 512 g/mol. The molecule has 0 saturated heterocycles. The van der Waals surface area contributed by atoms with Gasteiger partial charge in [0.1, 0.15) is 5.75 Å². The van der Waals surface area contributed by atoms with Gasteiger partial charge in [-0.05, 0) is 36.2 Å². The molecule has 0 heterocycles. The molecular weight excluding hydrogens is 480 g/mol. The third-order valence-electron chi connectivity index (χ3n) is 4.85. The molecule has 0 aliphatic heterocycles. The zero-order valence-corrected chi connectivity index (χ0v) is 21.4. The van der Waals surface area contributed by atoms with Gasteiger partial charge in [0.15, 0.2) is 15.4 Å². The Labute approximate surface area is 205 Å². The average molecular weight is 513 g/mol. The van der Waals surface area contributed by atoms with Gasteiger partial charge in [-0.15, -0.1) is 0 Å². The fourth-order valence-electron chi connectivity index (χ4n) is 2.89. The summed E-state index contributed by atoms with van der Waals surface area (Å²) in [6.07, 6.45) is 1.88. The van der Waals surface area contributed by atoms with Gasteiger partial charge in [0, 0.05) is 22.5 Å². The van der Waals surface area contributed by atoms with E-state index in [0.717, 1.165) is 18.6 Å². The number of ether oxygens (including phenoxy) is 1. The third kappa shape index (κ3) is 9.23. The summed E-state index contributed by atoms with van der Waals surface area (Å²) in [5.74, 6) is -0.661. The molecule has 33 heavy (non-hydrogen) atoms. The number of carboxylic acids is 1. The van der Waals surface area contributed by atoms with E-state index < -0.39 is 27.2 Å². The first-order valence-electron chi connectivity index (χ1n) is 10.8. The quantitative estimate of drug-likeness (QED) is 0.336. The Morgan fingerprint density at radius 1 is 1.12 bits per heavy atom. The predicted octanol–water partition coefficient (Wildman–Crippen LogP) is 4.51. The highest BCUT2D eigenvalue weighted by Gasteiger charge is 2.41. The van der Waals surface area contributed by atoms with Gasteiger partial charge in [0.2, 0.25) is 0 Å². The van der Waals surface area contributed by atoms with Gasteiger partial charge in [-0.1, -0.05) is 50.6 Å². The molecule has 2 atom stereocenters. The zero-order chi connectivity index (χ0) is 24.3. The van der Waals surface area contributed by atoms with Gasteiger partial charge in [0.05, 0.1) is 17.3 Å². The van der Waals surface area contributed by atoms with E-state index in [1.807, 2.05) is 44.2 Å². The highest BCUT2D eigenvalue weighted by Crippen LogP contribution is 2.26. The van der Waals surface area contributed by atoms with Crippen LogP contribution in [0.4, 0.5) is 0 Å². The topological polar surface area (TPSA) is 101 Å². The summed E-state index contributed by atoms with van der Waals surface area (Å²) in [5, 5.41) is 20.5. The molecule has 9 heteroatoms. The third-order valence-corrected chi connectivity index (χ3v) is 9.56. The fraction of sp³-hybridized carbons (Fsp3) is 0.458. The van der Waals surface area contributed by atoms with Crippen LogP contribution in [-0.2, 0) is 20.4 Å². The van der Waals surface area contributed by atoms with E-state index in [1.165, 1.54) is 29.5 Å². The molecule has 0 amide bonds. The van der Waals surface area contributed by atoms with Crippen LogP contribution in [-0.4, -0.2) is 59.3 Å². The van der Waals surface area contributed by atoms with E-state index in [0.29, 0.717) is 18.1 Å². The lowest BCUT2D eigenvalue weighted by atomic mass is 10.1. The number of thioether (sulfide) groups is 2. The number of benzene rings is 2. The Bertz CT molecular complexity index is 963. The molecule has 0 aliphatic rings. The minimum absolute atomic E-state index is 0.0400. The van der Waals surface area contributed by atoms with Crippen molar-refractivity contribution in [3.63, 3.8) is 0 Å². The second-order valence-electron chi connectivity index (χ2n) is 7.89. The number of hydrogen-bond acceptors (Lipinski definition) is 7. The van der Waals surface area contributed by atoms with Crippen molar-refractivity contribution in [3.05, 3.63) is 60.2 Å². The Morgan fingerprint density at radius 3 is 2.39 bits per heavy atom. The van der Waals surface area contributed by atoms with Gasteiger partial charge in [-0.25, -0.2) is 13.2 Å². The molecule has 0 radical (unpaired) electrons. The molecule has 0 saturated carbocycles. The lowest BCUT2D eigenvalue weighted by Gasteiger charge is -2.23. The van der Waals surface area contributed by atoms with E-state index in [9.17, 15) is 23.4 Å². The van der Waals surface area contributed by atoms with E-state index in [4.69, 9.17) is 4.74 Å². The molecule has 2 aromatic carbocycles. The van der Waals surface area contributed by atoms with Gasteiger partial charge >= 0.3 is 5.97 Å². The molecular formula is C24H32O6S3. The van der Waals surface area contributed by atoms with E-state index >= 15 is 0 Å². The Hall–Kier alpha value is -1.68. The maximum Gasteiger partial charge on any atom is 0.337 e. The van der Waals surface area contributed by atoms with Crippen molar-refractivity contribution in [2.75, 3.05) is 23.9 Å². The average Bonchev–Trinajstić information content (AvgIpc) is 2.78. The number of hydrogen-bond donors (Lipinski definition) is 2. The van der Waals surface area contributed by atoms with Crippen molar-refractivity contribution in [1.82, 2.24) is 0 Å². The van der Waals surface area contributed by atoms with Crippen LogP contribution in [0.25, 0.3) is 0 Å². The summed E-state index contributed by atoms with van der Waals surface area (Å²) < 4.78 is 31.1. The van der Waals surface area contributed by atoms with Crippen LogP contribution in [0.1, 0.15) is 32.3 Å². The highest BCUT2D eigenvalue weighted by atomic mass is 32.2. The number of carbonyl (C=O) groups is 1. The maximum absolute atomic E-state index is 12.8. The van der Waals surface area contributed by atoms with Crippen LogP contribution >= 0.6 is 23.5 Å². The number of rotatable bonds is 15. The van der Waals surface area contributed by atoms with Gasteiger partial charge in [-0.2, -0.15) is 23.5 Å². The molecule has 6 nitrogen and oxygen atoms in total. The van der Waals surface area contributed by atoms with Gasteiger partial charge < -0.3 is 14.9 Å². The van der Waals surface area contributed by atoms with E-state index in [1.54, 1.807) is 23.9 Å². The molecule has 0 fully saturated rings. The number of sulfone groups is 1. The molecule has 2 aromatic rings. The summed E-state index contributed by atoms with van der Waals surface area (Å²) in [5.41, 5.74) is -1.17. The zero-order valence-electron chi connectivity index (χ0n) is 19.0. The molecule has 0 aliphatic carbocycles. The summed E-state index contributed by atoms with van der Waals surface area (Å²) in [6, 6.07) is 15.9. The van der Waals surface area contributed by atoms with Crippen molar-refractivity contribution in [2.45, 2.75) is 48.2 Å². The van der Waals surface area contributed by atoms with Crippen LogP contribution in [0.2, 0.25) is 0 Å². The fourth-order valence-corrected chi connectivity index (χ4v) is 6.95. The molecule has 182 valence electrons. The highest BCUT2D eigenvalue weighted by molar-refractivity contribution is 8.03. The van der Waals surface area contributed by atoms with Crippen molar-refractivity contribution < 1.29 is 28.2 Å². The molecule has 2 unspecified atom stereocenters. The largest absolute Gasteiger partial charge is 0.494 e. The summed E-state index contributed by atoms with van der Waals surface area (Å²) in [7, 11) is -4.01. The standard InChI is InChI=1S/C24H32O6S3/c1-3-4-14-30-21-10-12-22(13-11-21)33(28,29)18-24(27,23(25)26)17-31-15-19(2)32-16-20-8-6-5-7-9-20/h5-13,19,27H,3-4,14-18H2,1-2H3,(H,25,26). The van der Waals surface area contributed by atoms with Crippen LogP contribution < -0.4 is 4.74 Å². The maximum atomic E-state index is 12.8. The van der Waals surface area contributed by atoms with Crippen molar-refractivity contribution >= 4 is 39.3 Å². The molecule has 0 spiro atoms. The second-order valence-corrected chi connectivity index (χ2v) is 12.3. The Balaban J connectivity index is 1.92. The SMILES string of the molecule is CCCCOc1ccc(S(=O)(=O)CC(O)(CSCC(C)SCc2ccccc2)C(=O)O)cc1. The summed E-state index contributed by atoms with van der Waals surface area (Å²) in [6.45, 7) is 4.62. The Morgan fingerprint density at radius 2 is 1.79 bits per heavy atom. The molecule has 2 N–H and O–H groups in total. The Kier molecular flexibility index (Phi) is 11.1. The smallest absolute Gasteiger partial charge is 0.337 e. The summed E-state index contributed by atoms with van der Waals surface area (Å²) >= 11 is 2.97.